The van der Waals surface area contributed by atoms with Crippen LogP contribution in [0.3, 0.4) is 0 Å². The molecule has 106 valence electrons. The summed E-state index contributed by atoms with van der Waals surface area (Å²) in [6, 6.07) is 6.56. The van der Waals surface area contributed by atoms with Gasteiger partial charge in [0.05, 0.1) is 0 Å². The van der Waals surface area contributed by atoms with Crippen molar-refractivity contribution < 1.29 is 4.92 Å². The second-order valence-electron chi connectivity index (χ2n) is 5.69. The van der Waals surface area contributed by atoms with Crippen LogP contribution in [0.15, 0.2) is 24.3 Å². The quantitative estimate of drug-likeness (QED) is 0.461. The van der Waals surface area contributed by atoms with Gasteiger partial charge in [-0.05, 0) is 0 Å². The molecule has 1 aromatic heterocycles. The molecule has 0 radical (unpaired) electrons. The van der Waals surface area contributed by atoms with Crippen LogP contribution in [0.5, 0.6) is 0 Å². The van der Waals surface area contributed by atoms with Gasteiger partial charge in [-0.1, -0.05) is 0 Å². The number of aromatic nitrogens is 4. The van der Waals surface area contributed by atoms with Crippen molar-refractivity contribution in [3.8, 4) is 0 Å². The average molecular weight is 382 g/mol. The van der Waals surface area contributed by atoms with Gasteiger partial charge < -0.3 is 0 Å². The number of hydrogen-bond donors (Lipinski definition) is 0. The van der Waals surface area contributed by atoms with Crippen LogP contribution in [-0.2, 0) is 0 Å². The van der Waals surface area contributed by atoms with Gasteiger partial charge in [0.2, 0.25) is 0 Å². The summed E-state index contributed by atoms with van der Waals surface area (Å²) in [6.45, 7) is 2.01. The van der Waals surface area contributed by atoms with Crippen LogP contribution in [0, 0.1) is 10.1 Å². The summed E-state index contributed by atoms with van der Waals surface area (Å²) < 4.78 is 1.99. The van der Waals surface area contributed by atoms with Gasteiger partial charge in [-0.3, -0.25) is 0 Å². The molecule has 1 atom stereocenters. The number of non-ortho nitro benzene ring substituents is 1. The minimum atomic E-state index is -2.43. The van der Waals surface area contributed by atoms with Gasteiger partial charge in [-0.15, -0.1) is 0 Å². The molecule has 2 rings (SSSR count). The zero-order chi connectivity index (χ0) is 14.9. The van der Waals surface area contributed by atoms with Crippen molar-refractivity contribution in [2.75, 3.05) is 0 Å². The van der Waals surface area contributed by atoms with E-state index < -0.39 is 23.6 Å². The Bertz CT molecular complexity index is 618. The number of nitro groups is 1. The number of rotatable bonds is 4. The number of benzene rings is 1. The van der Waals surface area contributed by atoms with E-state index in [1.54, 1.807) is 12.1 Å². The minimum absolute atomic E-state index is 0.0155. The molecule has 0 amide bonds. The van der Waals surface area contributed by atoms with Crippen molar-refractivity contribution >= 4 is 24.3 Å². The van der Waals surface area contributed by atoms with Crippen molar-refractivity contribution in [1.29, 1.82) is 0 Å². The first-order valence-electron chi connectivity index (χ1n) is 6.34. The van der Waals surface area contributed by atoms with Crippen molar-refractivity contribution in [2.24, 2.45) is 0 Å². The molecule has 0 fully saturated rings. The summed E-state index contributed by atoms with van der Waals surface area (Å²) in [4.78, 5) is 17.0. The fourth-order valence-corrected chi connectivity index (χ4v) is 5.50. The first kappa shape index (κ1) is 14.9. The Morgan fingerprint density at radius 2 is 1.85 bits per heavy atom. The van der Waals surface area contributed by atoms with Gasteiger partial charge >= 0.3 is 121 Å². The van der Waals surface area contributed by atoms with Crippen molar-refractivity contribution in [1.82, 2.24) is 18.4 Å². The third-order valence-corrected chi connectivity index (χ3v) is 7.66. The van der Waals surface area contributed by atoms with Gasteiger partial charge in [-0.2, -0.15) is 0 Å². The van der Waals surface area contributed by atoms with Crippen LogP contribution in [-0.4, -0.2) is 42.0 Å². The molecule has 1 aromatic carbocycles. The van der Waals surface area contributed by atoms with E-state index in [9.17, 15) is 10.1 Å². The van der Waals surface area contributed by atoms with E-state index in [1.807, 2.05) is 9.83 Å². The second kappa shape index (κ2) is 5.47. The topological polar surface area (TPSA) is 86.7 Å². The van der Waals surface area contributed by atoms with Crippen molar-refractivity contribution in [3.05, 3.63) is 45.8 Å². The van der Waals surface area contributed by atoms with Gasteiger partial charge in [0, 0.05) is 0 Å². The molecule has 0 spiro atoms. The predicted molar refractivity (Wildman–Crippen MR) is 77.2 cm³/mol. The summed E-state index contributed by atoms with van der Waals surface area (Å²) >= 11 is -2.43. The molecule has 0 aliphatic heterocycles. The Morgan fingerprint density at radius 3 is 2.35 bits per heavy atom. The van der Waals surface area contributed by atoms with E-state index in [1.165, 1.54) is 12.1 Å². The Labute approximate surface area is 121 Å². The summed E-state index contributed by atoms with van der Waals surface area (Å²) in [5.41, 5.74) is 1.07. The third-order valence-electron chi connectivity index (χ3n) is 3.12. The van der Waals surface area contributed by atoms with Crippen LogP contribution in [0.4, 0.5) is 5.69 Å². The zero-order valence-corrected chi connectivity index (χ0v) is 14.8. The van der Waals surface area contributed by atoms with Crippen LogP contribution in [0.1, 0.15) is 24.2 Å². The summed E-state index contributed by atoms with van der Waals surface area (Å²) in [6.07, 6.45) is 0. The van der Waals surface area contributed by atoms with Crippen molar-refractivity contribution in [2.45, 2.75) is 27.7 Å². The molecule has 20 heavy (non-hydrogen) atoms. The Hall–Kier alpha value is -1.51. The van der Waals surface area contributed by atoms with E-state index in [0.29, 0.717) is 0 Å². The molecule has 0 aliphatic carbocycles. The summed E-state index contributed by atoms with van der Waals surface area (Å²) in [7, 11) is 0. The average Bonchev–Trinajstić information content (AvgIpc) is 2.87. The number of nitro benzene ring substituents is 1. The summed E-state index contributed by atoms with van der Waals surface area (Å²) in [5, 5.41) is 22.7. The third kappa shape index (κ3) is 2.97. The molecule has 0 bridgehead atoms. The molecule has 1 heterocycles. The molecule has 7 nitrogen and oxygen atoms in total. The maximum absolute atomic E-state index is 10.7. The summed E-state index contributed by atoms with van der Waals surface area (Å²) in [5.74, 6) is 0.851. The van der Waals surface area contributed by atoms with Gasteiger partial charge in [0.15, 0.2) is 0 Å². The molecule has 0 saturated carbocycles. The first-order chi connectivity index (χ1) is 9.30. The molecule has 0 saturated heterocycles. The van der Waals surface area contributed by atoms with Gasteiger partial charge in [0.1, 0.15) is 0 Å². The van der Waals surface area contributed by atoms with Crippen LogP contribution in [0.2, 0.25) is 14.8 Å². The molecular weight excluding hydrogens is 365 g/mol. The van der Waals surface area contributed by atoms with E-state index in [0.717, 1.165) is 11.4 Å². The Kier molecular flexibility index (Phi) is 4.07. The molecular formula is C12H17N5O2Sn. The predicted octanol–water partition coefficient (Wildman–Crippen LogP) is 2.42. The van der Waals surface area contributed by atoms with E-state index in [-0.39, 0.29) is 11.6 Å². The number of tetrazole rings is 1. The van der Waals surface area contributed by atoms with Gasteiger partial charge in [0.25, 0.3) is 0 Å². The van der Waals surface area contributed by atoms with Crippen LogP contribution >= 0.6 is 0 Å². The molecule has 0 aliphatic rings. The van der Waals surface area contributed by atoms with E-state index >= 15 is 0 Å². The molecule has 2 aromatic rings. The van der Waals surface area contributed by atoms with Gasteiger partial charge in [-0.25, -0.2) is 0 Å². The van der Waals surface area contributed by atoms with E-state index in [2.05, 4.69) is 30.3 Å². The van der Waals surface area contributed by atoms with E-state index in [4.69, 9.17) is 0 Å². The number of hydrogen-bond acceptors (Lipinski definition) is 5. The zero-order valence-electron chi connectivity index (χ0n) is 11.9. The second-order valence-corrected chi connectivity index (χ2v) is 19.3. The fourth-order valence-electron chi connectivity index (χ4n) is 1.98. The van der Waals surface area contributed by atoms with Crippen LogP contribution in [0.25, 0.3) is 0 Å². The molecule has 8 heteroatoms. The number of nitrogens with zero attached hydrogens (tertiary/aromatic N) is 5. The monoisotopic (exact) mass is 383 g/mol. The molecule has 0 unspecified atom stereocenters. The fraction of sp³-hybridized carbons (Fsp3) is 0.417. The van der Waals surface area contributed by atoms with Crippen LogP contribution < -0.4 is 0 Å². The normalized spacial score (nSPS) is 13.2. The Balaban J connectivity index is 2.34. The Morgan fingerprint density at radius 1 is 1.25 bits per heavy atom. The van der Waals surface area contributed by atoms with Crippen molar-refractivity contribution in [3.63, 3.8) is 0 Å². The first-order valence-corrected chi connectivity index (χ1v) is 16.2. The molecule has 0 N–H and O–H groups in total. The maximum atomic E-state index is 10.7. The SMILES string of the molecule is C[C@H](c1ccc([N+](=O)[O-])cc1)c1nnn[n]1[Sn]([CH3])([CH3])[CH3]. The standard InChI is InChI=1S/C9H8N5O2.3CH3.Sn/c1-6(9-10-12-13-11-9)7-2-4-8(5-3-7)14(15)16;;;;/h2-6H,1H3;3*1H3;/q-1;;;;+1/t6-;;;;/m1..../s1.